The van der Waals surface area contributed by atoms with Crippen molar-refractivity contribution in [1.29, 1.82) is 0 Å². The number of hydrogen-bond acceptors (Lipinski definition) is 1. The van der Waals surface area contributed by atoms with Crippen LogP contribution >= 0.6 is 0 Å². The van der Waals surface area contributed by atoms with Gasteiger partial charge < -0.3 is 0 Å². The molecule has 3 aromatic carbocycles. The normalized spacial score (nSPS) is 11.3. The highest BCUT2D eigenvalue weighted by Gasteiger charge is 2.11. The smallest absolute Gasteiger partial charge is 0.123 e. The highest BCUT2D eigenvalue weighted by atomic mass is 19.1. The maximum atomic E-state index is 13.8. The molecule has 0 saturated carbocycles. The topological polar surface area (TPSA) is 12.9 Å². The van der Waals surface area contributed by atoms with Crippen molar-refractivity contribution < 1.29 is 4.39 Å². The minimum absolute atomic E-state index is 0.222. The predicted molar refractivity (Wildman–Crippen MR) is 94.1 cm³/mol. The number of aromatic nitrogens is 1. The van der Waals surface area contributed by atoms with Gasteiger partial charge in [-0.3, -0.25) is 0 Å². The predicted octanol–water partition coefficient (Wildman–Crippen LogP) is 5.81. The third-order valence-electron chi connectivity index (χ3n) is 4.24. The summed E-state index contributed by atoms with van der Waals surface area (Å²) in [6.07, 6.45) is 0. The Balaban J connectivity index is 2.14. The Bertz CT molecular complexity index is 1030. The first-order valence-electron chi connectivity index (χ1n) is 7.68. The van der Waals surface area contributed by atoms with Gasteiger partial charge in [0.2, 0.25) is 0 Å². The lowest BCUT2D eigenvalue weighted by molar-refractivity contribution is 0.630. The van der Waals surface area contributed by atoms with Crippen LogP contribution < -0.4 is 0 Å². The van der Waals surface area contributed by atoms with Gasteiger partial charge in [-0.05, 0) is 49.1 Å². The SMILES string of the molecule is Cc1ccc(-c2nc3cc(C)ccc3c3cc(F)ccc23)cc1. The number of halogens is 1. The maximum Gasteiger partial charge on any atom is 0.123 e. The van der Waals surface area contributed by atoms with Crippen LogP contribution in [0.3, 0.4) is 0 Å². The van der Waals surface area contributed by atoms with Gasteiger partial charge >= 0.3 is 0 Å². The van der Waals surface area contributed by atoms with Crippen molar-refractivity contribution in [3.05, 3.63) is 77.6 Å². The number of hydrogen-bond donors (Lipinski definition) is 0. The second-order valence-corrected chi connectivity index (χ2v) is 6.04. The molecule has 0 aliphatic carbocycles. The number of fused-ring (bicyclic) bond motifs is 3. The summed E-state index contributed by atoms with van der Waals surface area (Å²) in [5.74, 6) is -0.222. The Labute approximate surface area is 134 Å². The van der Waals surface area contributed by atoms with Gasteiger partial charge in [0.1, 0.15) is 5.82 Å². The van der Waals surface area contributed by atoms with Gasteiger partial charge in [0, 0.05) is 16.3 Å². The van der Waals surface area contributed by atoms with Crippen LogP contribution in [0, 0.1) is 19.7 Å². The lowest BCUT2D eigenvalue weighted by Crippen LogP contribution is -1.91. The standard InChI is InChI=1S/C21H16FN/c1-13-3-6-15(7-4-13)21-18-10-8-16(22)12-19(18)17-9-5-14(2)11-20(17)23-21/h3-12H,1-2H3. The molecule has 4 rings (SSSR count). The second-order valence-electron chi connectivity index (χ2n) is 6.04. The van der Waals surface area contributed by atoms with Gasteiger partial charge in [-0.2, -0.15) is 0 Å². The van der Waals surface area contributed by atoms with Gasteiger partial charge in [-0.15, -0.1) is 0 Å². The van der Waals surface area contributed by atoms with Crippen molar-refractivity contribution in [3.63, 3.8) is 0 Å². The average Bonchev–Trinajstić information content (AvgIpc) is 2.54. The van der Waals surface area contributed by atoms with E-state index in [0.717, 1.165) is 38.5 Å². The lowest BCUT2D eigenvalue weighted by Gasteiger charge is -2.11. The monoisotopic (exact) mass is 301 g/mol. The average molecular weight is 301 g/mol. The van der Waals surface area contributed by atoms with Crippen molar-refractivity contribution in [2.45, 2.75) is 13.8 Å². The first kappa shape index (κ1) is 13.9. The summed E-state index contributed by atoms with van der Waals surface area (Å²) in [6, 6.07) is 19.3. The van der Waals surface area contributed by atoms with E-state index in [-0.39, 0.29) is 5.82 Å². The van der Waals surface area contributed by atoms with Crippen LogP contribution in [0.4, 0.5) is 4.39 Å². The molecule has 0 saturated heterocycles. The fourth-order valence-corrected chi connectivity index (χ4v) is 3.02. The highest BCUT2D eigenvalue weighted by molar-refractivity contribution is 6.10. The Morgan fingerprint density at radius 1 is 0.696 bits per heavy atom. The van der Waals surface area contributed by atoms with Gasteiger partial charge in [0.25, 0.3) is 0 Å². The minimum atomic E-state index is -0.222. The minimum Gasteiger partial charge on any atom is -0.247 e. The Kier molecular flexibility index (Phi) is 3.12. The number of benzene rings is 3. The zero-order valence-corrected chi connectivity index (χ0v) is 13.1. The van der Waals surface area contributed by atoms with Crippen molar-refractivity contribution in [3.8, 4) is 11.3 Å². The fraction of sp³-hybridized carbons (Fsp3) is 0.0952. The Morgan fingerprint density at radius 2 is 1.39 bits per heavy atom. The largest absolute Gasteiger partial charge is 0.247 e. The number of pyridine rings is 1. The molecule has 112 valence electrons. The van der Waals surface area contributed by atoms with Gasteiger partial charge in [-0.25, -0.2) is 9.37 Å². The van der Waals surface area contributed by atoms with E-state index in [2.05, 4.69) is 37.3 Å². The summed E-state index contributed by atoms with van der Waals surface area (Å²) >= 11 is 0. The van der Waals surface area contributed by atoms with Gasteiger partial charge in [-0.1, -0.05) is 42.0 Å². The fourth-order valence-electron chi connectivity index (χ4n) is 3.02. The highest BCUT2D eigenvalue weighted by Crippen LogP contribution is 2.33. The van der Waals surface area contributed by atoms with Crippen molar-refractivity contribution in [1.82, 2.24) is 4.98 Å². The maximum absolute atomic E-state index is 13.8. The summed E-state index contributed by atoms with van der Waals surface area (Å²) in [4.78, 5) is 4.87. The molecule has 1 nitrogen and oxygen atoms in total. The molecule has 0 N–H and O–H groups in total. The molecule has 0 aliphatic rings. The van der Waals surface area contributed by atoms with Crippen LogP contribution in [0.1, 0.15) is 11.1 Å². The first-order valence-corrected chi connectivity index (χ1v) is 7.68. The molecule has 2 heteroatoms. The van der Waals surface area contributed by atoms with Crippen molar-refractivity contribution >= 4 is 21.7 Å². The van der Waals surface area contributed by atoms with E-state index in [9.17, 15) is 4.39 Å². The van der Waals surface area contributed by atoms with E-state index in [1.807, 2.05) is 25.1 Å². The molecule has 1 heterocycles. The molecular weight excluding hydrogens is 285 g/mol. The molecule has 0 atom stereocenters. The summed E-state index contributed by atoms with van der Waals surface area (Å²) in [6.45, 7) is 4.11. The quantitative estimate of drug-likeness (QED) is 0.404. The van der Waals surface area contributed by atoms with Crippen LogP contribution in [0.25, 0.3) is 32.9 Å². The van der Waals surface area contributed by atoms with E-state index in [1.54, 1.807) is 6.07 Å². The third-order valence-corrected chi connectivity index (χ3v) is 4.24. The zero-order chi connectivity index (χ0) is 16.0. The van der Waals surface area contributed by atoms with E-state index in [0.29, 0.717) is 0 Å². The van der Waals surface area contributed by atoms with E-state index >= 15 is 0 Å². The molecule has 0 unspecified atom stereocenters. The summed E-state index contributed by atoms with van der Waals surface area (Å²) in [7, 11) is 0. The van der Waals surface area contributed by atoms with Crippen LogP contribution in [0.2, 0.25) is 0 Å². The zero-order valence-electron chi connectivity index (χ0n) is 13.1. The van der Waals surface area contributed by atoms with E-state index in [4.69, 9.17) is 4.98 Å². The van der Waals surface area contributed by atoms with Gasteiger partial charge in [0.05, 0.1) is 11.2 Å². The van der Waals surface area contributed by atoms with E-state index < -0.39 is 0 Å². The molecule has 23 heavy (non-hydrogen) atoms. The second kappa shape index (κ2) is 5.17. The van der Waals surface area contributed by atoms with Crippen molar-refractivity contribution in [2.75, 3.05) is 0 Å². The molecule has 0 amide bonds. The lowest BCUT2D eigenvalue weighted by atomic mass is 9.99. The summed E-state index contributed by atoms with van der Waals surface area (Å²) < 4.78 is 13.8. The van der Waals surface area contributed by atoms with Crippen LogP contribution in [-0.4, -0.2) is 4.98 Å². The van der Waals surface area contributed by atoms with Crippen LogP contribution in [0.15, 0.2) is 60.7 Å². The first-order chi connectivity index (χ1) is 11.1. The van der Waals surface area contributed by atoms with Gasteiger partial charge in [0.15, 0.2) is 0 Å². The van der Waals surface area contributed by atoms with Crippen LogP contribution in [-0.2, 0) is 0 Å². The Morgan fingerprint density at radius 3 is 2.17 bits per heavy atom. The van der Waals surface area contributed by atoms with E-state index in [1.165, 1.54) is 11.6 Å². The third kappa shape index (κ3) is 2.36. The molecule has 0 aliphatic heterocycles. The molecule has 0 radical (unpaired) electrons. The molecule has 0 spiro atoms. The summed E-state index contributed by atoms with van der Waals surface area (Å²) in [5, 5.41) is 2.87. The molecule has 4 aromatic rings. The Hall–Kier alpha value is -2.74. The van der Waals surface area contributed by atoms with Crippen LogP contribution in [0.5, 0.6) is 0 Å². The number of rotatable bonds is 1. The summed E-state index contributed by atoms with van der Waals surface area (Å²) in [5.41, 5.74) is 5.21. The molecule has 0 fully saturated rings. The molecular formula is C21H16FN. The van der Waals surface area contributed by atoms with Crippen molar-refractivity contribution in [2.24, 2.45) is 0 Å². The molecule has 1 aromatic heterocycles. The number of aryl methyl sites for hydroxylation is 2. The number of nitrogens with zero attached hydrogens (tertiary/aromatic N) is 1. The molecule has 0 bridgehead atoms.